The van der Waals surface area contributed by atoms with E-state index in [9.17, 15) is 22.4 Å². The lowest BCUT2D eigenvalue weighted by Crippen LogP contribution is -2.22. The second kappa shape index (κ2) is 3.28. The van der Waals surface area contributed by atoms with Crippen molar-refractivity contribution in [2.75, 3.05) is 0 Å². The predicted molar refractivity (Wildman–Crippen MR) is 33.4 cm³/mol. The standard InChI is InChI=1S/C6H3F4NO3/c7-5(8)6(9,10)3-1-2(4(12)13)11-14-3/h1,5H,(H,12,13). The summed E-state index contributed by atoms with van der Waals surface area (Å²) < 4.78 is 52.2. The predicted octanol–water partition coefficient (Wildman–Crippen LogP) is 1.73. The first-order valence-corrected chi connectivity index (χ1v) is 3.22. The average Bonchev–Trinajstić information content (AvgIpc) is 2.51. The first kappa shape index (κ1) is 10.5. The minimum absolute atomic E-state index is 0.258. The third kappa shape index (κ3) is 1.68. The van der Waals surface area contributed by atoms with Crippen LogP contribution in [0.4, 0.5) is 17.6 Å². The van der Waals surface area contributed by atoms with Gasteiger partial charge in [-0.2, -0.15) is 8.78 Å². The molecule has 1 aromatic rings. The van der Waals surface area contributed by atoms with Gasteiger partial charge in [-0.1, -0.05) is 5.16 Å². The molecular weight excluding hydrogens is 210 g/mol. The molecule has 0 aliphatic heterocycles. The molecule has 0 spiro atoms. The first-order chi connectivity index (χ1) is 6.35. The van der Waals surface area contributed by atoms with Crippen molar-refractivity contribution in [3.8, 4) is 0 Å². The number of carboxylic acid groups (broad SMARTS) is 1. The van der Waals surface area contributed by atoms with Crippen LogP contribution in [0.1, 0.15) is 16.2 Å². The molecule has 0 atom stereocenters. The van der Waals surface area contributed by atoms with Gasteiger partial charge in [0.2, 0.25) is 5.76 Å². The Labute approximate surface area is 74.1 Å². The highest BCUT2D eigenvalue weighted by atomic mass is 19.3. The van der Waals surface area contributed by atoms with Gasteiger partial charge in [-0.15, -0.1) is 0 Å². The molecule has 0 aliphatic carbocycles. The fourth-order valence-corrected chi connectivity index (χ4v) is 0.641. The molecule has 4 nitrogen and oxygen atoms in total. The second-order valence-electron chi connectivity index (χ2n) is 2.31. The highest BCUT2D eigenvalue weighted by molar-refractivity contribution is 5.85. The van der Waals surface area contributed by atoms with Crippen LogP contribution >= 0.6 is 0 Å². The number of halogens is 4. The van der Waals surface area contributed by atoms with Gasteiger partial charge in [-0.25, -0.2) is 13.6 Å². The number of aromatic nitrogens is 1. The fourth-order valence-electron chi connectivity index (χ4n) is 0.641. The van der Waals surface area contributed by atoms with E-state index in [-0.39, 0.29) is 6.07 Å². The van der Waals surface area contributed by atoms with Crippen LogP contribution in [0.2, 0.25) is 0 Å². The zero-order chi connectivity index (χ0) is 10.9. The van der Waals surface area contributed by atoms with Gasteiger partial charge < -0.3 is 9.63 Å². The molecule has 0 aromatic carbocycles. The summed E-state index contributed by atoms with van der Waals surface area (Å²) in [4.78, 5) is 10.2. The van der Waals surface area contributed by atoms with Crippen LogP contribution in [0, 0.1) is 0 Å². The molecule has 0 fully saturated rings. The van der Waals surface area contributed by atoms with E-state index in [0.717, 1.165) is 0 Å². The van der Waals surface area contributed by atoms with Crippen molar-refractivity contribution in [2.45, 2.75) is 12.3 Å². The van der Waals surface area contributed by atoms with Crippen molar-refractivity contribution in [1.29, 1.82) is 0 Å². The number of hydrogen-bond acceptors (Lipinski definition) is 3. The van der Waals surface area contributed by atoms with Crippen molar-refractivity contribution in [2.24, 2.45) is 0 Å². The summed E-state index contributed by atoms with van der Waals surface area (Å²) in [5, 5.41) is 10.9. The second-order valence-corrected chi connectivity index (χ2v) is 2.31. The van der Waals surface area contributed by atoms with Crippen molar-refractivity contribution in [3.63, 3.8) is 0 Å². The molecule has 1 heterocycles. The lowest BCUT2D eigenvalue weighted by Gasteiger charge is -2.09. The number of carboxylic acids is 1. The number of alkyl halides is 4. The Balaban J connectivity index is 3.02. The van der Waals surface area contributed by atoms with Crippen LogP contribution < -0.4 is 0 Å². The van der Waals surface area contributed by atoms with E-state index in [0.29, 0.717) is 0 Å². The summed E-state index contributed by atoms with van der Waals surface area (Å²) >= 11 is 0. The minimum Gasteiger partial charge on any atom is -0.476 e. The van der Waals surface area contributed by atoms with Crippen molar-refractivity contribution in [3.05, 3.63) is 17.5 Å². The lowest BCUT2D eigenvalue weighted by molar-refractivity contribution is -0.149. The van der Waals surface area contributed by atoms with Crippen molar-refractivity contribution < 1.29 is 32.0 Å². The highest BCUT2D eigenvalue weighted by Crippen LogP contribution is 2.34. The number of rotatable bonds is 3. The summed E-state index contributed by atoms with van der Waals surface area (Å²) in [5.74, 6) is -7.63. The molecule has 0 saturated heterocycles. The van der Waals surface area contributed by atoms with Crippen LogP contribution in [-0.4, -0.2) is 22.7 Å². The largest absolute Gasteiger partial charge is 0.476 e. The normalized spacial score (nSPS) is 12.1. The van der Waals surface area contributed by atoms with Crippen LogP contribution in [0.5, 0.6) is 0 Å². The number of carbonyl (C=O) groups is 1. The van der Waals surface area contributed by atoms with Gasteiger partial charge in [0.1, 0.15) is 0 Å². The number of hydrogen-bond donors (Lipinski definition) is 1. The molecule has 78 valence electrons. The van der Waals surface area contributed by atoms with Gasteiger partial charge in [-0.3, -0.25) is 0 Å². The van der Waals surface area contributed by atoms with Gasteiger partial charge >= 0.3 is 18.3 Å². The molecule has 0 radical (unpaired) electrons. The van der Waals surface area contributed by atoms with E-state index in [2.05, 4.69) is 9.68 Å². The Bertz CT molecular complexity index is 349. The molecule has 0 amide bonds. The Morgan fingerprint density at radius 3 is 2.50 bits per heavy atom. The minimum atomic E-state index is -4.53. The third-order valence-corrected chi connectivity index (χ3v) is 1.33. The molecule has 1 N–H and O–H groups in total. The number of nitrogens with zero attached hydrogens (tertiary/aromatic N) is 1. The van der Waals surface area contributed by atoms with E-state index >= 15 is 0 Å². The van der Waals surface area contributed by atoms with Crippen LogP contribution in [0.15, 0.2) is 10.6 Å². The topological polar surface area (TPSA) is 63.3 Å². The Hall–Kier alpha value is -1.60. The fraction of sp³-hybridized carbons (Fsp3) is 0.333. The highest BCUT2D eigenvalue weighted by Gasteiger charge is 2.47. The molecule has 0 saturated carbocycles. The molecule has 0 aliphatic rings. The molecule has 0 bridgehead atoms. The van der Waals surface area contributed by atoms with Crippen LogP contribution in [0.3, 0.4) is 0 Å². The maximum atomic E-state index is 12.5. The maximum absolute atomic E-state index is 12.5. The van der Waals surface area contributed by atoms with E-state index in [1.807, 2.05) is 0 Å². The van der Waals surface area contributed by atoms with E-state index < -0.39 is 29.8 Å². The van der Waals surface area contributed by atoms with Crippen LogP contribution in [-0.2, 0) is 5.92 Å². The van der Waals surface area contributed by atoms with Gasteiger partial charge in [0.15, 0.2) is 5.69 Å². The smallest absolute Gasteiger partial charge is 0.366 e. The third-order valence-electron chi connectivity index (χ3n) is 1.33. The zero-order valence-corrected chi connectivity index (χ0v) is 6.38. The van der Waals surface area contributed by atoms with E-state index in [1.54, 1.807) is 0 Å². The lowest BCUT2D eigenvalue weighted by atomic mass is 10.2. The van der Waals surface area contributed by atoms with Gasteiger partial charge in [0.25, 0.3) is 0 Å². The SMILES string of the molecule is O=C(O)c1cc(C(F)(F)C(F)F)on1. The molecular formula is C6H3F4NO3. The zero-order valence-electron chi connectivity index (χ0n) is 6.38. The van der Waals surface area contributed by atoms with Gasteiger partial charge in [-0.05, 0) is 0 Å². The summed E-state index contributed by atoms with van der Waals surface area (Å²) in [6.07, 6.45) is -3.97. The quantitative estimate of drug-likeness (QED) is 0.776. The summed E-state index contributed by atoms with van der Waals surface area (Å²) in [6.45, 7) is 0. The van der Waals surface area contributed by atoms with Crippen LogP contribution in [0.25, 0.3) is 0 Å². The monoisotopic (exact) mass is 213 g/mol. The Morgan fingerprint density at radius 2 is 2.14 bits per heavy atom. The van der Waals surface area contributed by atoms with E-state index in [1.165, 1.54) is 0 Å². The average molecular weight is 213 g/mol. The molecule has 0 unspecified atom stereocenters. The summed E-state index contributed by atoms with van der Waals surface area (Å²) in [7, 11) is 0. The summed E-state index contributed by atoms with van der Waals surface area (Å²) in [5.41, 5.74) is -0.847. The number of aromatic carboxylic acids is 1. The Morgan fingerprint density at radius 1 is 1.57 bits per heavy atom. The van der Waals surface area contributed by atoms with Crippen molar-refractivity contribution >= 4 is 5.97 Å². The maximum Gasteiger partial charge on any atom is 0.366 e. The Kier molecular flexibility index (Phi) is 2.45. The summed E-state index contributed by atoms with van der Waals surface area (Å²) in [6, 6.07) is 0.258. The molecule has 8 heteroatoms. The van der Waals surface area contributed by atoms with Gasteiger partial charge in [0, 0.05) is 6.07 Å². The van der Waals surface area contributed by atoms with E-state index in [4.69, 9.17) is 5.11 Å². The molecule has 1 rings (SSSR count). The first-order valence-electron chi connectivity index (χ1n) is 3.22. The molecule has 14 heavy (non-hydrogen) atoms. The van der Waals surface area contributed by atoms with Gasteiger partial charge in [0.05, 0.1) is 0 Å². The van der Waals surface area contributed by atoms with Crippen molar-refractivity contribution in [1.82, 2.24) is 5.16 Å². The molecule has 1 aromatic heterocycles.